The lowest BCUT2D eigenvalue weighted by atomic mass is 9.86. The van der Waals surface area contributed by atoms with Crippen molar-refractivity contribution in [1.82, 2.24) is 4.98 Å². The van der Waals surface area contributed by atoms with E-state index in [0.29, 0.717) is 17.5 Å². The van der Waals surface area contributed by atoms with Gasteiger partial charge in [-0.15, -0.1) is 0 Å². The van der Waals surface area contributed by atoms with Gasteiger partial charge in [-0.05, 0) is 41.3 Å². The summed E-state index contributed by atoms with van der Waals surface area (Å²) in [5.74, 6) is -0.728. The highest BCUT2D eigenvalue weighted by atomic mass is 19.4. The van der Waals surface area contributed by atoms with Crippen LogP contribution >= 0.6 is 0 Å². The first-order valence-electron chi connectivity index (χ1n) is 8.31. The molecular weight excluding hydrogens is 353 g/mol. The Morgan fingerprint density at radius 2 is 1.70 bits per heavy atom. The monoisotopic (exact) mass is 370 g/mol. The van der Waals surface area contributed by atoms with Gasteiger partial charge >= 0.3 is 6.18 Å². The van der Waals surface area contributed by atoms with E-state index in [9.17, 15) is 18.0 Å². The molecule has 1 aromatic heterocycles. The Morgan fingerprint density at radius 3 is 2.30 bits per heavy atom. The number of hydrogen-bond acceptors (Lipinski definition) is 2. The zero-order valence-electron chi connectivity index (χ0n) is 14.3. The first-order chi connectivity index (χ1) is 12.8. The molecule has 0 spiro atoms. The maximum absolute atomic E-state index is 12.8. The third-order valence-corrected chi connectivity index (χ3v) is 4.33. The number of carbonyl (C=O) groups is 1. The standard InChI is InChI=1S/C21H17F3N2O/c22-21(23,24)19-10-9-17(13-26-19)18(15-6-2-1-3-7-15)12-14-5-4-8-16(11-14)20(25)27/h1-11,13,18H,12H2,(H2,25,27). The van der Waals surface area contributed by atoms with Crippen molar-refractivity contribution in [3.05, 3.63) is 101 Å². The average Bonchev–Trinajstić information content (AvgIpc) is 2.66. The van der Waals surface area contributed by atoms with Crippen LogP contribution in [0.5, 0.6) is 0 Å². The summed E-state index contributed by atoms with van der Waals surface area (Å²) >= 11 is 0. The van der Waals surface area contributed by atoms with Crippen LogP contribution in [0.25, 0.3) is 0 Å². The summed E-state index contributed by atoms with van der Waals surface area (Å²) in [4.78, 5) is 15.0. The maximum Gasteiger partial charge on any atom is 0.433 e. The Hall–Kier alpha value is -3.15. The fourth-order valence-electron chi connectivity index (χ4n) is 2.98. The molecule has 138 valence electrons. The van der Waals surface area contributed by atoms with Gasteiger partial charge in [-0.25, -0.2) is 0 Å². The molecule has 1 unspecified atom stereocenters. The minimum Gasteiger partial charge on any atom is -0.366 e. The van der Waals surface area contributed by atoms with E-state index in [-0.39, 0.29) is 5.92 Å². The van der Waals surface area contributed by atoms with Crippen molar-refractivity contribution in [3.63, 3.8) is 0 Å². The number of primary amides is 1. The van der Waals surface area contributed by atoms with Crippen molar-refractivity contribution in [3.8, 4) is 0 Å². The molecule has 6 heteroatoms. The molecule has 0 saturated carbocycles. The summed E-state index contributed by atoms with van der Waals surface area (Å²) in [7, 11) is 0. The quantitative estimate of drug-likeness (QED) is 0.715. The van der Waals surface area contributed by atoms with Gasteiger partial charge in [-0.2, -0.15) is 13.2 Å². The van der Waals surface area contributed by atoms with Crippen molar-refractivity contribution < 1.29 is 18.0 Å². The summed E-state index contributed by atoms with van der Waals surface area (Å²) in [5, 5.41) is 0. The molecule has 0 radical (unpaired) electrons. The van der Waals surface area contributed by atoms with Crippen LogP contribution in [0.15, 0.2) is 72.9 Å². The number of carbonyl (C=O) groups excluding carboxylic acids is 1. The summed E-state index contributed by atoms with van der Waals surface area (Å²) in [5.41, 5.74) is 7.28. The predicted octanol–water partition coefficient (Wildman–Crippen LogP) is 4.57. The lowest BCUT2D eigenvalue weighted by Crippen LogP contribution is -2.12. The van der Waals surface area contributed by atoms with Gasteiger partial charge < -0.3 is 5.73 Å². The fourth-order valence-corrected chi connectivity index (χ4v) is 2.98. The first-order valence-corrected chi connectivity index (χ1v) is 8.31. The summed E-state index contributed by atoms with van der Waals surface area (Å²) in [6.07, 6.45) is -2.72. The van der Waals surface area contributed by atoms with Crippen molar-refractivity contribution in [2.24, 2.45) is 5.73 Å². The van der Waals surface area contributed by atoms with Crippen molar-refractivity contribution in [1.29, 1.82) is 0 Å². The maximum atomic E-state index is 12.8. The number of nitrogens with two attached hydrogens (primary N) is 1. The van der Waals surface area contributed by atoms with Crippen LogP contribution in [0, 0.1) is 0 Å². The number of nitrogens with zero attached hydrogens (tertiary/aromatic N) is 1. The Labute approximate surface area is 154 Å². The average molecular weight is 370 g/mol. The molecule has 3 nitrogen and oxygen atoms in total. The molecule has 2 aromatic carbocycles. The van der Waals surface area contributed by atoms with E-state index in [1.807, 2.05) is 36.4 Å². The van der Waals surface area contributed by atoms with E-state index in [1.165, 1.54) is 12.3 Å². The smallest absolute Gasteiger partial charge is 0.366 e. The van der Waals surface area contributed by atoms with E-state index in [2.05, 4.69) is 4.98 Å². The van der Waals surface area contributed by atoms with E-state index < -0.39 is 17.8 Å². The molecule has 0 fully saturated rings. The van der Waals surface area contributed by atoms with Crippen LogP contribution in [-0.2, 0) is 12.6 Å². The fraction of sp³-hybridized carbons (Fsp3) is 0.143. The zero-order chi connectivity index (χ0) is 19.4. The largest absolute Gasteiger partial charge is 0.433 e. The van der Waals surface area contributed by atoms with Crippen LogP contribution in [0.3, 0.4) is 0 Å². The normalized spacial score (nSPS) is 12.6. The molecular formula is C21H17F3N2O. The molecule has 0 aliphatic carbocycles. The Morgan fingerprint density at radius 1 is 0.963 bits per heavy atom. The highest BCUT2D eigenvalue weighted by Crippen LogP contribution is 2.31. The molecule has 1 atom stereocenters. The minimum absolute atomic E-state index is 0.205. The van der Waals surface area contributed by atoms with Gasteiger partial charge in [-0.1, -0.05) is 48.5 Å². The number of aromatic nitrogens is 1. The van der Waals surface area contributed by atoms with E-state index in [4.69, 9.17) is 5.73 Å². The van der Waals surface area contributed by atoms with Crippen molar-refractivity contribution in [2.45, 2.75) is 18.5 Å². The van der Waals surface area contributed by atoms with Gasteiger partial charge in [0.25, 0.3) is 0 Å². The van der Waals surface area contributed by atoms with Gasteiger partial charge in [0, 0.05) is 17.7 Å². The van der Waals surface area contributed by atoms with Crippen molar-refractivity contribution in [2.75, 3.05) is 0 Å². The lowest BCUT2D eigenvalue weighted by Gasteiger charge is -2.19. The number of halogens is 3. The molecule has 3 rings (SSSR count). The minimum atomic E-state index is -4.48. The second-order valence-corrected chi connectivity index (χ2v) is 6.21. The van der Waals surface area contributed by atoms with Crippen LogP contribution in [0.2, 0.25) is 0 Å². The second-order valence-electron chi connectivity index (χ2n) is 6.21. The topological polar surface area (TPSA) is 56.0 Å². The first kappa shape index (κ1) is 18.6. The highest BCUT2D eigenvalue weighted by molar-refractivity contribution is 5.92. The molecule has 0 aliphatic rings. The highest BCUT2D eigenvalue weighted by Gasteiger charge is 2.32. The third kappa shape index (κ3) is 4.53. The van der Waals surface area contributed by atoms with Gasteiger partial charge in [0.1, 0.15) is 5.69 Å². The van der Waals surface area contributed by atoms with E-state index in [0.717, 1.165) is 17.2 Å². The molecule has 2 N–H and O–H groups in total. The number of hydrogen-bond donors (Lipinski definition) is 1. The molecule has 1 amide bonds. The van der Waals surface area contributed by atoms with Crippen LogP contribution in [0.4, 0.5) is 13.2 Å². The number of rotatable bonds is 5. The number of benzene rings is 2. The zero-order valence-corrected chi connectivity index (χ0v) is 14.3. The predicted molar refractivity (Wildman–Crippen MR) is 96.2 cm³/mol. The van der Waals surface area contributed by atoms with Crippen molar-refractivity contribution >= 4 is 5.91 Å². The molecule has 1 heterocycles. The van der Waals surface area contributed by atoms with E-state index >= 15 is 0 Å². The molecule has 27 heavy (non-hydrogen) atoms. The summed E-state index contributed by atoms with van der Waals surface area (Å²) in [6, 6.07) is 18.8. The lowest BCUT2D eigenvalue weighted by molar-refractivity contribution is -0.141. The molecule has 3 aromatic rings. The molecule has 0 bridgehead atoms. The third-order valence-electron chi connectivity index (χ3n) is 4.33. The SMILES string of the molecule is NC(=O)c1cccc(CC(c2ccccc2)c2ccc(C(F)(F)F)nc2)c1. The Bertz CT molecular complexity index is 922. The van der Waals surface area contributed by atoms with Gasteiger partial charge in [0.15, 0.2) is 0 Å². The van der Waals surface area contributed by atoms with Gasteiger partial charge in [0.2, 0.25) is 5.91 Å². The summed E-state index contributed by atoms with van der Waals surface area (Å²) in [6.45, 7) is 0. The molecule has 0 saturated heterocycles. The Balaban J connectivity index is 1.97. The molecule has 0 aliphatic heterocycles. The number of alkyl halides is 3. The Kier molecular flexibility index (Phi) is 5.26. The second kappa shape index (κ2) is 7.61. The number of amides is 1. The number of pyridine rings is 1. The summed E-state index contributed by atoms with van der Waals surface area (Å²) < 4.78 is 38.4. The van der Waals surface area contributed by atoms with E-state index in [1.54, 1.807) is 18.2 Å². The van der Waals surface area contributed by atoms with Crippen LogP contribution in [-0.4, -0.2) is 10.9 Å². The van der Waals surface area contributed by atoms with Gasteiger partial charge in [-0.3, -0.25) is 9.78 Å². The van der Waals surface area contributed by atoms with Gasteiger partial charge in [0.05, 0.1) is 0 Å². The van der Waals surface area contributed by atoms with Crippen LogP contribution < -0.4 is 5.73 Å². The van der Waals surface area contributed by atoms with Crippen LogP contribution in [0.1, 0.15) is 38.7 Å².